The number of carbonyl (C=O) groups is 3. The monoisotopic (exact) mass is 449 g/mol. The van der Waals surface area contributed by atoms with Gasteiger partial charge in [-0.05, 0) is 42.5 Å². The molecule has 2 fully saturated rings. The van der Waals surface area contributed by atoms with Crippen LogP contribution >= 0.6 is 22.9 Å². The molecule has 30 heavy (non-hydrogen) atoms. The van der Waals surface area contributed by atoms with Crippen LogP contribution in [0.5, 0.6) is 0 Å². The Hall–Kier alpha value is -2.45. The van der Waals surface area contributed by atoms with Gasteiger partial charge in [0.2, 0.25) is 5.91 Å². The molecule has 0 saturated carbocycles. The molecule has 158 valence electrons. The molecular formula is C21H21ClFN3O3S. The minimum Gasteiger partial charge on any atom is -0.337 e. The highest BCUT2D eigenvalue weighted by Gasteiger charge is 2.38. The Morgan fingerprint density at radius 2 is 1.73 bits per heavy atom. The van der Waals surface area contributed by atoms with Crippen molar-refractivity contribution in [1.82, 2.24) is 14.7 Å². The summed E-state index contributed by atoms with van der Waals surface area (Å²) >= 11 is 7.38. The lowest BCUT2D eigenvalue weighted by Crippen LogP contribution is -2.55. The van der Waals surface area contributed by atoms with E-state index in [0.29, 0.717) is 44.0 Å². The molecule has 2 aromatic rings. The quantitative estimate of drug-likeness (QED) is 0.723. The second kappa shape index (κ2) is 8.73. The highest BCUT2D eigenvalue weighted by atomic mass is 35.5. The van der Waals surface area contributed by atoms with E-state index in [1.807, 2.05) is 11.4 Å². The minimum absolute atomic E-state index is 0.0654. The van der Waals surface area contributed by atoms with Crippen LogP contribution in [-0.2, 0) is 4.79 Å². The number of amides is 3. The maximum atomic E-state index is 13.2. The summed E-state index contributed by atoms with van der Waals surface area (Å²) in [5.41, 5.74) is 0.251. The van der Waals surface area contributed by atoms with Crippen molar-refractivity contribution in [1.29, 1.82) is 0 Å². The molecule has 2 aliphatic rings. The second-order valence-electron chi connectivity index (χ2n) is 7.38. The SMILES string of the molecule is O=C(c1ccc(F)cc1Cl)N1CCN(C(=O)[C@@H]2CCCN2C(=O)c2cccs2)CC1. The van der Waals surface area contributed by atoms with Crippen LogP contribution in [0.4, 0.5) is 4.39 Å². The van der Waals surface area contributed by atoms with E-state index >= 15 is 0 Å². The molecule has 2 saturated heterocycles. The summed E-state index contributed by atoms with van der Waals surface area (Å²) < 4.78 is 13.2. The lowest BCUT2D eigenvalue weighted by atomic mass is 10.1. The number of halogens is 2. The van der Waals surface area contributed by atoms with Gasteiger partial charge in [-0.3, -0.25) is 14.4 Å². The first kappa shape index (κ1) is 20.8. The highest BCUT2D eigenvalue weighted by molar-refractivity contribution is 7.12. The molecule has 9 heteroatoms. The first-order valence-electron chi connectivity index (χ1n) is 9.83. The predicted octanol–water partition coefficient (Wildman–Crippen LogP) is 3.13. The number of nitrogens with zero attached hydrogens (tertiary/aromatic N) is 3. The van der Waals surface area contributed by atoms with Crippen LogP contribution in [0.15, 0.2) is 35.7 Å². The van der Waals surface area contributed by atoms with Gasteiger partial charge in [-0.15, -0.1) is 11.3 Å². The van der Waals surface area contributed by atoms with Gasteiger partial charge in [-0.1, -0.05) is 17.7 Å². The Labute approximate surface area is 182 Å². The largest absolute Gasteiger partial charge is 0.337 e. The van der Waals surface area contributed by atoms with Crippen molar-refractivity contribution in [3.8, 4) is 0 Å². The van der Waals surface area contributed by atoms with Crippen molar-refractivity contribution < 1.29 is 18.8 Å². The zero-order valence-electron chi connectivity index (χ0n) is 16.2. The van der Waals surface area contributed by atoms with Crippen molar-refractivity contribution in [2.75, 3.05) is 32.7 Å². The third kappa shape index (κ3) is 4.06. The number of carbonyl (C=O) groups excluding carboxylic acids is 3. The first-order chi connectivity index (χ1) is 14.5. The van der Waals surface area contributed by atoms with Gasteiger partial charge in [0.1, 0.15) is 11.9 Å². The molecule has 0 radical (unpaired) electrons. The second-order valence-corrected chi connectivity index (χ2v) is 8.73. The fourth-order valence-electron chi connectivity index (χ4n) is 3.98. The Morgan fingerprint density at radius 3 is 2.40 bits per heavy atom. The molecule has 0 unspecified atom stereocenters. The number of benzene rings is 1. The lowest BCUT2D eigenvalue weighted by Gasteiger charge is -2.37. The predicted molar refractivity (Wildman–Crippen MR) is 112 cm³/mol. The lowest BCUT2D eigenvalue weighted by molar-refractivity contribution is -0.136. The minimum atomic E-state index is -0.495. The van der Waals surface area contributed by atoms with Gasteiger partial charge in [-0.2, -0.15) is 0 Å². The van der Waals surface area contributed by atoms with Gasteiger partial charge in [0.25, 0.3) is 11.8 Å². The summed E-state index contributed by atoms with van der Waals surface area (Å²) in [5.74, 6) is -0.933. The number of piperazine rings is 1. The summed E-state index contributed by atoms with van der Waals surface area (Å²) in [7, 11) is 0. The fourth-order valence-corrected chi connectivity index (χ4v) is 4.91. The van der Waals surface area contributed by atoms with Crippen LogP contribution in [0.1, 0.15) is 32.9 Å². The van der Waals surface area contributed by atoms with Crippen molar-refractivity contribution in [3.05, 3.63) is 57.0 Å². The van der Waals surface area contributed by atoms with Crippen LogP contribution in [-0.4, -0.2) is 71.2 Å². The zero-order valence-corrected chi connectivity index (χ0v) is 17.8. The zero-order chi connectivity index (χ0) is 21.3. The normalized spacial score (nSPS) is 19.3. The number of hydrogen-bond acceptors (Lipinski definition) is 4. The third-order valence-electron chi connectivity index (χ3n) is 5.57. The van der Waals surface area contributed by atoms with Crippen LogP contribution in [0.3, 0.4) is 0 Å². The van der Waals surface area contributed by atoms with Crippen LogP contribution in [0, 0.1) is 5.82 Å². The molecule has 3 amide bonds. The van der Waals surface area contributed by atoms with E-state index in [2.05, 4.69) is 0 Å². The number of thiophene rings is 1. The molecule has 0 spiro atoms. The average Bonchev–Trinajstić information content (AvgIpc) is 3.45. The average molecular weight is 450 g/mol. The van der Waals surface area contributed by atoms with Crippen molar-refractivity contribution in [2.24, 2.45) is 0 Å². The number of rotatable bonds is 3. The maximum absolute atomic E-state index is 13.2. The summed E-state index contributed by atoms with van der Waals surface area (Å²) in [5, 5.41) is 1.93. The van der Waals surface area contributed by atoms with Gasteiger partial charge in [0, 0.05) is 32.7 Å². The van der Waals surface area contributed by atoms with E-state index in [1.165, 1.54) is 23.5 Å². The first-order valence-corrected chi connectivity index (χ1v) is 11.1. The van der Waals surface area contributed by atoms with E-state index in [1.54, 1.807) is 20.8 Å². The van der Waals surface area contributed by atoms with Gasteiger partial charge < -0.3 is 14.7 Å². The molecule has 1 aromatic heterocycles. The van der Waals surface area contributed by atoms with E-state index in [-0.39, 0.29) is 28.3 Å². The van der Waals surface area contributed by atoms with Gasteiger partial charge in [0.05, 0.1) is 15.5 Å². The molecule has 3 heterocycles. The third-order valence-corrected chi connectivity index (χ3v) is 6.74. The Kier molecular flexibility index (Phi) is 6.06. The van der Waals surface area contributed by atoms with Gasteiger partial charge >= 0.3 is 0 Å². The molecule has 0 aliphatic carbocycles. The molecule has 1 atom stereocenters. The topological polar surface area (TPSA) is 60.9 Å². The maximum Gasteiger partial charge on any atom is 0.264 e. The van der Waals surface area contributed by atoms with E-state index < -0.39 is 11.9 Å². The summed E-state index contributed by atoms with van der Waals surface area (Å²) in [6.45, 7) is 2.09. The van der Waals surface area contributed by atoms with E-state index in [0.717, 1.165) is 12.5 Å². The standard InChI is InChI=1S/C21H21ClFN3O3S/c22-16-13-14(23)5-6-15(16)19(27)24-8-10-25(11-9-24)20(28)17-3-1-7-26(17)21(29)18-4-2-12-30-18/h2,4-6,12-13,17H,1,3,7-11H2/t17-/m0/s1. The fraction of sp³-hybridized carbons (Fsp3) is 0.381. The molecule has 0 bridgehead atoms. The van der Waals surface area contributed by atoms with Crippen molar-refractivity contribution >= 4 is 40.7 Å². The Balaban J connectivity index is 1.38. The molecule has 2 aliphatic heterocycles. The molecule has 4 rings (SSSR count). The number of likely N-dealkylation sites (tertiary alicyclic amines) is 1. The summed E-state index contributed by atoms with van der Waals surface area (Å²) in [6, 6.07) is 6.86. The van der Waals surface area contributed by atoms with Crippen LogP contribution in [0.2, 0.25) is 5.02 Å². The van der Waals surface area contributed by atoms with Crippen LogP contribution in [0.25, 0.3) is 0 Å². The van der Waals surface area contributed by atoms with Crippen molar-refractivity contribution in [2.45, 2.75) is 18.9 Å². The summed E-state index contributed by atoms with van der Waals surface area (Å²) in [6.07, 6.45) is 1.45. The highest BCUT2D eigenvalue weighted by Crippen LogP contribution is 2.25. The van der Waals surface area contributed by atoms with E-state index in [9.17, 15) is 18.8 Å². The molecule has 6 nitrogen and oxygen atoms in total. The summed E-state index contributed by atoms with van der Waals surface area (Å²) in [4.78, 5) is 44.2. The Morgan fingerprint density at radius 1 is 1.00 bits per heavy atom. The molecule has 1 aromatic carbocycles. The molecular weight excluding hydrogens is 429 g/mol. The smallest absolute Gasteiger partial charge is 0.264 e. The van der Waals surface area contributed by atoms with Crippen LogP contribution < -0.4 is 0 Å². The van der Waals surface area contributed by atoms with Crippen molar-refractivity contribution in [3.63, 3.8) is 0 Å². The van der Waals surface area contributed by atoms with E-state index in [4.69, 9.17) is 11.6 Å². The molecule has 0 N–H and O–H groups in total. The van der Waals surface area contributed by atoms with Gasteiger partial charge in [0.15, 0.2) is 0 Å². The van der Waals surface area contributed by atoms with Gasteiger partial charge in [-0.25, -0.2) is 4.39 Å². The Bertz CT molecular complexity index is 960. The number of hydrogen-bond donors (Lipinski definition) is 0.